The maximum absolute atomic E-state index is 13.1. The Balaban J connectivity index is 1.42. The summed E-state index contributed by atoms with van der Waals surface area (Å²) in [5.74, 6) is -0.120. The molecule has 1 aromatic rings. The van der Waals surface area contributed by atoms with Crippen LogP contribution in [0.15, 0.2) is 24.3 Å². The van der Waals surface area contributed by atoms with Crippen LogP contribution in [0.25, 0.3) is 0 Å². The van der Waals surface area contributed by atoms with Gasteiger partial charge in [0.05, 0.1) is 12.0 Å². The third-order valence-electron chi connectivity index (χ3n) is 6.42. The first-order chi connectivity index (χ1) is 12.4. The summed E-state index contributed by atoms with van der Waals surface area (Å²) in [6.45, 7) is 1.91. The fraction of sp³-hybridized carbons (Fsp3) is 0.600. The monoisotopic (exact) mass is 360 g/mol. The molecule has 2 saturated heterocycles. The molecule has 0 aromatic heterocycles. The van der Waals surface area contributed by atoms with Crippen molar-refractivity contribution < 1.29 is 18.7 Å². The minimum atomic E-state index is -0.309. The summed E-state index contributed by atoms with van der Waals surface area (Å²) in [5, 5.41) is 0. The molecular weight excluding hydrogens is 335 g/mol. The number of hydrogen-bond donors (Lipinski definition) is 0. The van der Waals surface area contributed by atoms with E-state index < -0.39 is 0 Å². The Kier molecular flexibility index (Phi) is 4.26. The van der Waals surface area contributed by atoms with E-state index in [4.69, 9.17) is 4.74 Å². The minimum Gasteiger partial charge on any atom is -0.378 e. The highest BCUT2D eigenvalue weighted by molar-refractivity contribution is 5.96. The van der Waals surface area contributed by atoms with E-state index in [1.54, 1.807) is 24.1 Å². The first-order valence-corrected chi connectivity index (χ1v) is 9.33. The van der Waals surface area contributed by atoms with E-state index >= 15 is 0 Å². The predicted octanol–water partition coefficient (Wildman–Crippen LogP) is 2.74. The molecule has 3 fully saturated rings. The first-order valence-electron chi connectivity index (χ1n) is 9.33. The molecule has 1 atom stereocenters. The van der Waals surface area contributed by atoms with Crippen LogP contribution in [0.4, 0.5) is 10.1 Å². The summed E-state index contributed by atoms with van der Waals surface area (Å²) in [6.07, 6.45) is 4.74. The standard InChI is InChI=1S/C20H25FN2O3/c1-26-20(7-2-8-20)12-17(24)22-10-9-19(13-22)11-18(25)23(14-19)16-5-3-15(21)4-6-16/h3-6H,2,7-14H2,1H3. The van der Waals surface area contributed by atoms with Crippen molar-refractivity contribution in [2.24, 2.45) is 5.41 Å². The van der Waals surface area contributed by atoms with E-state index in [-0.39, 0.29) is 28.6 Å². The van der Waals surface area contributed by atoms with Crippen molar-refractivity contribution in [3.8, 4) is 0 Å². The molecule has 0 radical (unpaired) electrons. The van der Waals surface area contributed by atoms with Gasteiger partial charge in [0, 0.05) is 44.3 Å². The number of carbonyl (C=O) groups is 2. The molecular formula is C20H25FN2O3. The number of ether oxygens (including phenoxy) is 1. The SMILES string of the molecule is COC1(CC(=O)N2CCC3(CC(=O)N(c4ccc(F)cc4)C3)C2)CCC1. The van der Waals surface area contributed by atoms with E-state index in [1.165, 1.54) is 12.1 Å². The maximum atomic E-state index is 13.1. The Morgan fingerprint density at radius 2 is 1.92 bits per heavy atom. The van der Waals surface area contributed by atoms with E-state index in [0.29, 0.717) is 32.5 Å². The van der Waals surface area contributed by atoms with Crippen LogP contribution in [0.2, 0.25) is 0 Å². The maximum Gasteiger partial charge on any atom is 0.227 e. The summed E-state index contributed by atoms with van der Waals surface area (Å²) in [6, 6.07) is 6.04. The smallest absolute Gasteiger partial charge is 0.227 e. The van der Waals surface area contributed by atoms with Crippen molar-refractivity contribution in [3.05, 3.63) is 30.1 Å². The van der Waals surface area contributed by atoms with Gasteiger partial charge >= 0.3 is 0 Å². The summed E-state index contributed by atoms with van der Waals surface area (Å²) in [7, 11) is 1.69. The lowest BCUT2D eigenvalue weighted by molar-refractivity contribution is -0.143. The lowest BCUT2D eigenvalue weighted by Gasteiger charge is -2.40. The molecule has 6 heteroatoms. The average Bonchev–Trinajstić information content (AvgIpc) is 3.15. The molecule has 2 heterocycles. The number of benzene rings is 1. The molecule has 1 unspecified atom stereocenters. The second-order valence-electron chi connectivity index (χ2n) is 8.12. The summed E-state index contributed by atoms with van der Waals surface area (Å²) in [5.41, 5.74) is 0.283. The molecule has 0 bridgehead atoms. The van der Waals surface area contributed by atoms with E-state index in [1.807, 2.05) is 4.90 Å². The molecule has 3 aliphatic rings. The van der Waals surface area contributed by atoms with E-state index in [9.17, 15) is 14.0 Å². The third kappa shape index (κ3) is 3.00. The van der Waals surface area contributed by atoms with Gasteiger partial charge in [-0.2, -0.15) is 0 Å². The van der Waals surface area contributed by atoms with Gasteiger partial charge < -0.3 is 14.5 Å². The molecule has 26 heavy (non-hydrogen) atoms. The Hall–Kier alpha value is -1.95. The van der Waals surface area contributed by atoms with Gasteiger partial charge in [-0.3, -0.25) is 9.59 Å². The molecule has 140 valence electrons. The van der Waals surface area contributed by atoms with Crippen molar-refractivity contribution in [1.29, 1.82) is 0 Å². The number of hydrogen-bond acceptors (Lipinski definition) is 3. The minimum absolute atomic E-state index is 0.0539. The highest BCUT2D eigenvalue weighted by Gasteiger charge is 2.50. The second kappa shape index (κ2) is 6.34. The number of amides is 2. The number of nitrogens with zero attached hydrogens (tertiary/aromatic N) is 2. The Labute approximate surface area is 153 Å². The lowest BCUT2D eigenvalue weighted by atomic mass is 9.77. The van der Waals surface area contributed by atoms with Gasteiger partial charge in [-0.25, -0.2) is 4.39 Å². The molecule has 0 N–H and O–H groups in total. The normalized spacial score (nSPS) is 27.2. The van der Waals surface area contributed by atoms with Gasteiger partial charge in [0.15, 0.2) is 0 Å². The topological polar surface area (TPSA) is 49.9 Å². The molecule has 1 aromatic carbocycles. The molecule has 1 aliphatic carbocycles. The highest BCUT2D eigenvalue weighted by Crippen LogP contribution is 2.43. The average molecular weight is 360 g/mol. The molecule has 2 amide bonds. The van der Waals surface area contributed by atoms with Gasteiger partial charge in [-0.05, 0) is 49.9 Å². The Morgan fingerprint density at radius 1 is 1.19 bits per heavy atom. The number of likely N-dealkylation sites (tertiary alicyclic amines) is 1. The summed E-state index contributed by atoms with van der Waals surface area (Å²) in [4.78, 5) is 28.9. The molecule has 2 aliphatic heterocycles. The van der Waals surface area contributed by atoms with Crippen molar-refractivity contribution >= 4 is 17.5 Å². The van der Waals surface area contributed by atoms with Crippen LogP contribution >= 0.6 is 0 Å². The van der Waals surface area contributed by atoms with Crippen LogP contribution in [0.5, 0.6) is 0 Å². The quantitative estimate of drug-likeness (QED) is 0.830. The summed E-state index contributed by atoms with van der Waals surface area (Å²) < 4.78 is 18.7. The molecule has 4 rings (SSSR count). The van der Waals surface area contributed by atoms with Crippen LogP contribution in [-0.2, 0) is 14.3 Å². The molecule has 1 spiro atoms. The van der Waals surface area contributed by atoms with Crippen LogP contribution in [0.1, 0.15) is 38.5 Å². The summed E-state index contributed by atoms with van der Waals surface area (Å²) >= 11 is 0. The van der Waals surface area contributed by atoms with Gasteiger partial charge in [0.2, 0.25) is 11.8 Å². The molecule has 5 nitrogen and oxygen atoms in total. The van der Waals surface area contributed by atoms with Crippen molar-refractivity contribution in [2.45, 2.75) is 44.1 Å². The van der Waals surface area contributed by atoms with Gasteiger partial charge in [-0.1, -0.05) is 0 Å². The fourth-order valence-corrected chi connectivity index (χ4v) is 4.58. The van der Waals surface area contributed by atoms with Gasteiger partial charge in [-0.15, -0.1) is 0 Å². The first kappa shape index (κ1) is 17.5. The number of rotatable bonds is 4. The largest absolute Gasteiger partial charge is 0.378 e. The second-order valence-corrected chi connectivity index (χ2v) is 8.12. The highest BCUT2D eigenvalue weighted by atomic mass is 19.1. The van der Waals surface area contributed by atoms with E-state index in [2.05, 4.69) is 0 Å². The van der Waals surface area contributed by atoms with Gasteiger partial charge in [0.25, 0.3) is 0 Å². The zero-order valence-electron chi connectivity index (χ0n) is 15.2. The van der Waals surface area contributed by atoms with Crippen LogP contribution in [0, 0.1) is 11.2 Å². The zero-order valence-corrected chi connectivity index (χ0v) is 15.2. The van der Waals surface area contributed by atoms with Crippen molar-refractivity contribution in [3.63, 3.8) is 0 Å². The zero-order chi connectivity index (χ0) is 18.4. The molecule has 1 saturated carbocycles. The fourth-order valence-electron chi connectivity index (χ4n) is 4.58. The Bertz CT molecular complexity index is 711. The van der Waals surface area contributed by atoms with Crippen LogP contribution in [-0.4, -0.2) is 49.1 Å². The number of methoxy groups -OCH3 is 1. The lowest BCUT2D eigenvalue weighted by Crippen LogP contribution is -2.45. The predicted molar refractivity (Wildman–Crippen MR) is 95.2 cm³/mol. The van der Waals surface area contributed by atoms with Crippen molar-refractivity contribution in [1.82, 2.24) is 4.90 Å². The van der Waals surface area contributed by atoms with Gasteiger partial charge in [0.1, 0.15) is 5.82 Å². The van der Waals surface area contributed by atoms with E-state index in [0.717, 1.165) is 31.4 Å². The third-order valence-corrected chi connectivity index (χ3v) is 6.42. The Morgan fingerprint density at radius 3 is 2.54 bits per heavy atom. The van der Waals surface area contributed by atoms with Crippen LogP contribution < -0.4 is 4.90 Å². The van der Waals surface area contributed by atoms with Crippen LogP contribution in [0.3, 0.4) is 0 Å². The van der Waals surface area contributed by atoms with Crippen molar-refractivity contribution in [2.75, 3.05) is 31.6 Å². The number of carbonyl (C=O) groups excluding carboxylic acids is 2. The number of halogens is 1. The number of anilines is 1.